The minimum absolute atomic E-state index is 0.0172. The molecule has 2 amide bonds. The van der Waals surface area contributed by atoms with E-state index < -0.39 is 10.0 Å². The van der Waals surface area contributed by atoms with E-state index in [1.807, 2.05) is 36.1 Å². The van der Waals surface area contributed by atoms with Crippen LogP contribution >= 0.6 is 11.8 Å². The number of aryl methyl sites for hydroxylation is 1. The van der Waals surface area contributed by atoms with Gasteiger partial charge in [-0.25, -0.2) is 8.42 Å². The van der Waals surface area contributed by atoms with Crippen LogP contribution in [0.3, 0.4) is 0 Å². The highest BCUT2D eigenvalue weighted by atomic mass is 32.2. The molecule has 1 spiro atoms. The molecule has 1 N–H and O–H groups in total. The second-order valence-electron chi connectivity index (χ2n) is 8.23. The SMILES string of the molecule is CC(=O)Nc1ccc(S(=O)(=O)N2CCC3(CC2)SCCN3C(=O)c2cccc(C)c2)cc1. The normalized spacial score (nSPS) is 18.6. The monoisotopic (exact) mass is 473 g/mol. The third-order valence-electron chi connectivity index (χ3n) is 6.00. The van der Waals surface area contributed by atoms with E-state index in [-0.39, 0.29) is 21.6 Å². The summed E-state index contributed by atoms with van der Waals surface area (Å²) >= 11 is 1.76. The molecule has 0 aromatic heterocycles. The van der Waals surface area contributed by atoms with Gasteiger partial charge in [-0.2, -0.15) is 4.31 Å². The minimum atomic E-state index is -3.64. The Morgan fingerprint density at radius 1 is 1.03 bits per heavy atom. The number of rotatable bonds is 4. The summed E-state index contributed by atoms with van der Waals surface area (Å²) in [5.41, 5.74) is 2.28. The van der Waals surface area contributed by atoms with Crippen LogP contribution in [0.25, 0.3) is 0 Å². The topological polar surface area (TPSA) is 86.8 Å². The lowest BCUT2D eigenvalue weighted by Gasteiger charge is -2.43. The van der Waals surface area contributed by atoms with Gasteiger partial charge >= 0.3 is 0 Å². The minimum Gasteiger partial charge on any atom is -0.326 e. The first-order valence-corrected chi connectivity index (χ1v) is 13.0. The summed E-state index contributed by atoms with van der Waals surface area (Å²) in [6, 6.07) is 13.8. The first kappa shape index (κ1) is 22.8. The van der Waals surface area contributed by atoms with Crippen molar-refractivity contribution in [1.82, 2.24) is 9.21 Å². The molecule has 2 aromatic rings. The molecule has 0 unspecified atom stereocenters. The zero-order chi connectivity index (χ0) is 22.9. The van der Waals surface area contributed by atoms with Crippen molar-refractivity contribution in [1.29, 1.82) is 0 Å². The van der Waals surface area contributed by atoms with Crippen LogP contribution in [0, 0.1) is 6.92 Å². The van der Waals surface area contributed by atoms with Crippen molar-refractivity contribution >= 4 is 39.3 Å². The molecule has 0 atom stereocenters. The maximum Gasteiger partial charge on any atom is 0.255 e. The number of hydrogen-bond donors (Lipinski definition) is 1. The molecular weight excluding hydrogens is 446 g/mol. The Morgan fingerprint density at radius 3 is 2.34 bits per heavy atom. The van der Waals surface area contributed by atoms with E-state index in [1.54, 1.807) is 23.9 Å². The molecule has 0 radical (unpaired) electrons. The maximum atomic E-state index is 13.2. The van der Waals surface area contributed by atoms with Gasteiger partial charge in [0.15, 0.2) is 0 Å². The van der Waals surface area contributed by atoms with Gasteiger partial charge in [-0.05, 0) is 56.2 Å². The fourth-order valence-corrected chi connectivity index (χ4v) is 7.28. The Morgan fingerprint density at radius 2 is 1.72 bits per heavy atom. The van der Waals surface area contributed by atoms with E-state index in [2.05, 4.69) is 5.32 Å². The van der Waals surface area contributed by atoms with E-state index in [0.29, 0.717) is 43.7 Å². The standard InChI is InChI=1S/C23H27N3O4S2/c1-17-4-3-5-19(16-17)22(28)26-14-15-31-23(26)10-12-25(13-11-23)32(29,30)21-8-6-20(7-9-21)24-18(2)27/h3-9,16H,10-15H2,1-2H3,(H,24,27). The quantitative estimate of drug-likeness (QED) is 0.736. The summed E-state index contributed by atoms with van der Waals surface area (Å²) < 4.78 is 27.8. The van der Waals surface area contributed by atoms with Gasteiger partial charge in [0, 0.05) is 43.6 Å². The van der Waals surface area contributed by atoms with Crippen molar-refractivity contribution in [3.05, 3.63) is 59.7 Å². The van der Waals surface area contributed by atoms with Gasteiger partial charge in [-0.15, -0.1) is 11.8 Å². The molecule has 32 heavy (non-hydrogen) atoms. The molecule has 2 saturated heterocycles. The predicted octanol–water partition coefficient (Wildman–Crippen LogP) is 3.32. The number of amides is 2. The number of nitrogens with one attached hydrogen (secondary N) is 1. The van der Waals surface area contributed by atoms with Crippen LogP contribution in [-0.4, -0.2) is 59.7 Å². The molecule has 0 saturated carbocycles. The fourth-order valence-electron chi connectivity index (χ4n) is 4.38. The van der Waals surface area contributed by atoms with Crippen LogP contribution in [0.5, 0.6) is 0 Å². The number of sulfonamides is 1. The Bertz CT molecular complexity index is 1120. The van der Waals surface area contributed by atoms with E-state index in [0.717, 1.165) is 11.3 Å². The number of nitrogens with zero attached hydrogens (tertiary/aromatic N) is 2. The molecule has 4 rings (SSSR count). The number of carbonyl (C=O) groups excluding carboxylic acids is 2. The van der Waals surface area contributed by atoms with Crippen molar-refractivity contribution in [3.63, 3.8) is 0 Å². The summed E-state index contributed by atoms with van der Waals surface area (Å²) in [6.45, 7) is 4.77. The molecular formula is C23H27N3O4S2. The number of hydrogen-bond acceptors (Lipinski definition) is 5. The van der Waals surface area contributed by atoms with Crippen LogP contribution in [0.1, 0.15) is 35.7 Å². The van der Waals surface area contributed by atoms with Gasteiger partial charge in [0.25, 0.3) is 5.91 Å². The van der Waals surface area contributed by atoms with Crippen LogP contribution in [0.4, 0.5) is 5.69 Å². The Labute approximate surface area is 193 Å². The van der Waals surface area contributed by atoms with Gasteiger partial charge < -0.3 is 10.2 Å². The summed E-state index contributed by atoms with van der Waals surface area (Å²) in [7, 11) is -3.64. The highest BCUT2D eigenvalue weighted by Crippen LogP contribution is 2.45. The van der Waals surface area contributed by atoms with E-state index in [9.17, 15) is 18.0 Å². The number of anilines is 1. The summed E-state index contributed by atoms with van der Waals surface area (Å²) in [5, 5.41) is 2.64. The van der Waals surface area contributed by atoms with Gasteiger partial charge in [0.2, 0.25) is 15.9 Å². The summed E-state index contributed by atoms with van der Waals surface area (Å²) in [5.74, 6) is 0.666. The molecule has 7 nitrogen and oxygen atoms in total. The van der Waals surface area contributed by atoms with E-state index >= 15 is 0 Å². The van der Waals surface area contributed by atoms with Gasteiger partial charge in [-0.3, -0.25) is 9.59 Å². The highest BCUT2D eigenvalue weighted by Gasteiger charge is 2.48. The second kappa shape index (κ2) is 8.88. The number of piperidine rings is 1. The lowest BCUT2D eigenvalue weighted by Crippen LogP contribution is -2.53. The smallest absolute Gasteiger partial charge is 0.255 e. The molecule has 0 bridgehead atoms. The molecule has 2 heterocycles. The van der Waals surface area contributed by atoms with Crippen LogP contribution in [-0.2, 0) is 14.8 Å². The van der Waals surface area contributed by atoms with Crippen molar-refractivity contribution in [2.75, 3.05) is 30.7 Å². The van der Waals surface area contributed by atoms with Gasteiger partial charge in [-0.1, -0.05) is 17.7 Å². The summed E-state index contributed by atoms with van der Waals surface area (Å²) in [4.78, 5) is 26.2. The molecule has 2 aliphatic heterocycles. The van der Waals surface area contributed by atoms with Crippen LogP contribution in [0.2, 0.25) is 0 Å². The largest absolute Gasteiger partial charge is 0.326 e. The van der Waals surface area contributed by atoms with Crippen LogP contribution < -0.4 is 5.32 Å². The lowest BCUT2D eigenvalue weighted by molar-refractivity contribution is -0.114. The first-order valence-electron chi connectivity index (χ1n) is 10.6. The molecule has 0 aliphatic carbocycles. The average molecular weight is 474 g/mol. The lowest BCUT2D eigenvalue weighted by atomic mass is 10.0. The third-order valence-corrected chi connectivity index (χ3v) is 9.47. The second-order valence-corrected chi connectivity index (χ2v) is 11.6. The number of carbonyl (C=O) groups is 2. The molecule has 2 aromatic carbocycles. The Balaban J connectivity index is 1.47. The molecule has 2 fully saturated rings. The summed E-state index contributed by atoms with van der Waals surface area (Å²) in [6.07, 6.45) is 1.19. The molecule has 2 aliphatic rings. The number of thioether (sulfide) groups is 1. The van der Waals surface area contributed by atoms with Crippen LogP contribution in [0.15, 0.2) is 53.4 Å². The third kappa shape index (κ3) is 4.42. The van der Waals surface area contributed by atoms with Gasteiger partial charge in [0.05, 0.1) is 9.77 Å². The van der Waals surface area contributed by atoms with Crippen molar-refractivity contribution < 1.29 is 18.0 Å². The zero-order valence-corrected chi connectivity index (χ0v) is 19.8. The molecule has 170 valence electrons. The molecule has 9 heteroatoms. The Kier molecular flexibility index (Phi) is 6.33. The number of benzene rings is 2. The van der Waals surface area contributed by atoms with Gasteiger partial charge in [0.1, 0.15) is 0 Å². The maximum absolute atomic E-state index is 13.2. The van der Waals surface area contributed by atoms with Crippen molar-refractivity contribution in [3.8, 4) is 0 Å². The predicted molar refractivity (Wildman–Crippen MR) is 126 cm³/mol. The van der Waals surface area contributed by atoms with Crippen molar-refractivity contribution in [2.45, 2.75) is 36.5 Å². The van der Waals surface area contributed by atoms with Crippen molar-refractivity contribution in [2.24, 2.45) is 0 Å². The zero-order valence-electron chi connectivity index (χ0n) is 18.2. The highest BCUT2D eigenvalue weighted by molar-refractivity contribution is 8.00. The van der Waals surface area contributed by atoms with E-state index in [4.69, 9.17) is 0 Å². The Hall–Kier alpha value is -2.36. The first-order chi connectivity index (χ1) is 15.2. The fraction of sp³-hybridized carbons (Fsp3) is 0.391. The average Bonchev–Trinajstić information content (AvgIpc) is 3.16. The van der Waals surface area contributed by atoms with E-state index in [1.165, 1.54) is 23.4 Å².